The van der Waals surface area contributed by atoms with E-state index in [1.165, 1.54) is 24.8 Å². The summed E-state index contributed by atoms with van der Waals surface area (Å²) in [5.41, 5.74) is 0. The van der Waals surface area contributed by atoms with Crippen molar-refractivity contribution in [1.29, 1.82) is 0 Å². The molecule has 1 N–H and O–H groups in total. The average molecular weight is 207 g/mol. The van der Waals surface area contributed by atoms with E-state index in [2.05, 4.69) is 0 Å². The Hall–Kier alpha value is -0.710. The fourth-order valence-electron chi connectivity index (χ4n) is 1.30. The molecule has 0 atom stereocenters. The Labute approximate surface area is 81.7 Å². The highest BCUT2D eigenvalue weighted by atomic mass is 19.3. The van der Waals surface area contributed by atoms with Crippen molar-refractivity contribution >= 4 is 5.97 Å². The summed E-state index contributed by atoms with van der Waals surface area (Å²) < 4.78 is 25.4. The quantitative estimate of drug-likeness (QED) is 0.716. The van der Waals surface area contributed by atoms with Gasteiger partial charge in [0.25, 0.3) is 0 Å². The molecule has 0 bridgehead atoms. The molecule has 0 unspecified atom stereocenters. The highest BCUT2D eigenvalue weighted by Crippen LogP contribution is 2.32. The molecule has 1 rings (SSSR count). The lowest BCUT2D eigenvalue weighted by molar-refractivity contribution is -0.166. The summed E-state index contributed by atoms with van der Waals surface area (Å²) in [5, 5.41) is 8.20. The number of halogens is 2. The number of carbonyl (C=O) groups is 1. The summed E-state index contributed by atoms with van der Waals surface area (Å²) in [7, 11) is 1.53. The van der Waals surface area contributed by atoms with Crippen LogP contribution < -0.4 is 0 Å². The highest BCUT2D eigenvalue weighted by molar-refractivity contribution is 5.75. The zero-order valence-corrected chi connectivity index (χ0v) is 8.17. The van der Waals surface area contributed by atoms with Crippen LogP contribution in [0.1, 0.15) is 19.3 Å². The normalized spacial score (nSPS) is 17.4. The van der Waals surface area contributed by atoms with E-state index in [1.807, 2.05) is 0 Å². The lowest BCUT2D eigenvalue weighted by Gasteiger charge is -2.20. The van der Waals surface area contributed by atoms with Crippen molar-refractivity contribution in [1.82, 2.24) is 4.90 Å². The Morgan fingerprint density at radius 3 is 2.57 bits per heavy atom. The zero-order chi connectivity index (χ0) is 10.8. The van der Waals surface area contributed by atoms with E-state index in [0.29, 0.717) is 12.5 Å². The lowest BCUT2D eigenvalue weighted by atomic mass is 10.2. The number of hydrogen-bond donors (Lipinski definition) is 1. The minimum atomic E-state index is -3.63. The Morgan fingerprint density at radius 2 is 2.14 bits per heavy atom. The van der Waals surface area contributed by atoms with Crippen LogP contribution in [0.4, 0.5) is 8.78 Å². The highest BCUT2D eigenvalue weighted by Gasteiger charge is 2.39. The molecule has 0 aromatic rings. The summed E-state index contributed by atoms with van der Waals surface area (Å²) >= 11 is 0. The SMILES string of the molecule is CN(CCC1CC1)CC(F)(F)C(=O)O. The molecule has 0 saturated heterocycles. The topological polar surface area (TPSA) is 40.5 Å². The maximum atomic E-state index is 12.7. The number of carboxylic acid groups (broad SMARTS) is 1. The van der Waals surface area contributed by atoms with E-state index < -0.39 is 18.4 Å². The Bertz CT molecular complexity index is 217. The van der Waals surface area contributed by atoms with Crippen LogP contribution in [0.5, 0.6) is 0 Å². The Balaban J connectivity index is 2.23. The molecule has 1 aliphatic rings. The number of alkyl halides is 2. The third-order valence-electron chi connectivity index (χ3n) is 2.40. The van der Waals surface area contributed by atoms with Gasteiger partial charge in [-0.1, -0.05) is 12.8 Å². The molecule has 14 heavy (non-hydrogen) atoms. The maximum Gasteiger partial charge on any atom is 0.375 e. The monoisotopic (exact) mass is 207 g/mol. The van der Waals surface area contributed by atoms with Crippen molar-refractivity contribution in [2.45, 2.75) is 25.2 Å². The first-order valence-electron chi connectivity index (χ1n) is 4.71. The van der Waals surface area contributed by atoms with Crippen LogP contribution in [0, 0.1) is 5.92 Å². The van der Waals surface area contributed by atoms with Crippen LogP contribution in [-0.4, -0.2) is 42.0 Å². The number of carboxylic acids is 1. The molecular formula is C9H15F2NO2. The number of hydrogen-bond acceptors (Lipinski definition) is 2. The molecule has 0 aromatic heterocycles. The zero-order valence-electron chi connectivity index (χ0n) is 8.17. The summed E-state index contributed by atoms with van der Waals surface area (Å²) in [6.45, 7) is -0.150. The van der Waals surface area contributed by atoms with Gasteiger partial charge in [0.15, 0.2) is 0 Å². The van der Waals surface area contributed by atoms with Crippen LogP contribution in [0.15, 0.2) is 0 Å². The minimum Gasteiger partial charge on any atom is -0.477 e. The van der Waals surface area contributed by atoms with Crippen molar-refractivity contribution < 1.29 is 18.7 Å². The number of aliphatic carboxylic acids is 1. The average Bonchev–Trinajstić information content (AvgIpc) is 2.82. The van der Waals surface area contributed by atoms with E-state index in [4.69, 9.17) is 5.11 Å². The molecule has 0 amide bonds. The van der Waals surface area contributed by atoms with Gasteiger partial charge in [0, 0.05) is 0 Å². The van der Waals surface area contributed by atoms with Gasteiger partial charge in [-0.2, -0.15) is 8.78 Å². The van der Waals surface area contributed by atoms with E-state index in [0.717, 1.165) is 6.42 Å². The minimum absolute atomic E-state index is 0.549. The molecule has 82 valence electrons. The van der Waals surface area contributed by atoms with E-state index in [1.54, 1.807) is 0 Å². The van der Waals surface area contributed by atoms with Crippen LogP contribution >= 0.6 is 0 Å². The second kappa shape index (κ2) is 4.21. The van der Waals surface area contributed by atoms with Crippen LogP contribution in [-0.2, 0) is 4.79 Å². The molecule has 0 aromatic carbocycles. The summed E-state index contributed by atoms with van der Waals surface area (Å²) in [6, 6.07) is 0. The van der Waals surface area contributed by atoms with Crippen LogP contribution in [0.2, 0.25) is 0 Å². The van der Waals surface area contributed by atoms with Gasteiger partial charge < -0.3 is 10.0 Å². The fourth-order valence-corrected chi connectivity index (χ4v) is 1.30. The van der Waals surface area contributed by atoms with Gasteiger partial charge in [-0.05, 0) is 25.9 Å². The lowest BCUT2D eigenvalue weighted by Crippen LogP contribution is -2.41. The molecular weight excluding hydrogens is 192 g/mol. The van der Waals surface area contributed by atoms with Crippen LogP contribution in [0.3, 0.4) is 0 Å². The molecule has 0 aliphatic heterocycles. The fraction of sp³-hybridized carbons (Fsp3) is 0.889. The van der Waals surface area contributed by atoms with E-state index in [9.17, 15) is 13.6 Å². The molecule has 0 spiro atoms. The first kappa shape index (κ1) is 11.4. The Kier molecular flexibility index (Phi) is 3.42. The van der Waals surface area contributed by atoms with Gasteiger partial charge >= 0.3 is 11.9 Å². The summed E-state index contributed by atoms with van der Waals surface area (Å²) in [4.78, 5) is 11.5. The van der Waals surface area contributed by atoms with Crippen molar-refractivity contribution in [2.75, 3.05) is 20.1 Å². The van der Waals surface area contributed by atoms with Crippen LogP contribution in [0.25, 0.3) is 0 Å². The largest absolute Gasteiger partial charge is 0.477 e. The third kappa shape index (κ3) is 3.57. The molecule has 1 fully saturated rings. The standard InChI is InChI=1S/C9H15F2NO2/c1-12(5-4-7-2-3-7)6-9(10,11)8(13)14/h7H,2-6H2,1H3,(H,13,14). The van der Waals surface area contributed by atoms with Gasteiger partial charge in [0.1, 0.15) is 0 Å². The molecule has 0 radical (unpaired) electrons. The predicted octanol–water partition coefficient (Wildman–Crippen LogP) is 1.44. The predicted molar refractivity (Wildman–Crippen MR) is 47.4 cm³/mol. The molecule has 1 aliphatic carbocycles. The van der Waals surface area contributed by atoms with Crippen molar-refractivity contribution in [3.05, 3.63) is 0 Å². The van der Waals surface area contributed by atoms with Gasteiger partial charge in [-0.25, -0.2) is 4.79 Å². The molecule has 5 heteroatoms. The van der Waals surface area contributed by atoms with Gasteiger partial charge in [-0.3, -0.25) is 0 Å². The van der Waals surface area contributed by atoms with E-state index >= 15 is 0 Å². The Morgan fingerprint density at radius 1 is 1.57 bits per heavy atom. The molecule has 1 saturated carbocycles. The smallest absolute Gasteiger partial charge is 0.375 e. The molecule has 0 heterocycles. The summed E-state index contributed by atoms with van der Waals surface area (Å²) in [6.07, 6.45) is 3.26. The maximum absolute atomic E-state index is 12.7. The van der Waals surface area contributed by atoms with Gasteiger partial charge in [-0.15, -0.1) is 0 Å². The first-order valence-corrected chi connectivity index (χ1v) is 4.71. The van der Waals surface area contributed by atoms with E-state index in [-0.39, 0.29) is 0 Å². The second-order valence-corrected chi connectivity index (χ2v) is 3.98. The first-order chi connectivity index (χ1) is 6.42. The molecule has 3 nitrogen and oxygen atoms in total. The third-order valence-corrected chi connectivity index (χ3v) is 2.40. The van der Waals surface area contributed by atoms with Crippen molar-refractivity contribution in [3.8, 4) is 0 Å². The van der Waals surface area contributed by atoms with Gasteiger partial charge in [0.05, 0.1) is 6.54 Å². The van der Waals surface area contributed by atoms with Gasteiger partial charge in [0.2, 0.25) is 0 Å². The second-order valence-electron chi connectivity index (χ2n) is 3.98. The number of rotatable bonds is 6. The summed E-state index contributed by atoms with van der Waals surface area (Å²) in [5.74, 6) is -5.00. The van der Waals surface area contributed by atoms with Crippen molar-refractivity contribution in [2.24, 2.45) is 5.92 Å². The van der Waals surface area contributed by atoms with Crippen molar-refractivity contribution in [3.63, 3.8) is 0 Å². The number of nitrogens with zero attached hydrogens (tertiary/aromatic N) is 1.